The minimum atomic E-state index is 0.804. The first kappa shape index (κ1) is 11.0. The monoisotopic (exact) mass is 225 g/mol. The van der Waals surface area contributed by atoms with Gasteiger partial charge < -0.3 is 10.6 Å². The van der Waals surface area contributed by atoms with E-state index in [1.54, 1.807) is 11.3 Å². The molecule has 1 aromatic rings. The predicted octanol–water partition coefficient (Wildman–Crippen LogP) is 1.54. The summed E-state index contributed by atoms with van der Waals surface area (Å²) in [4.78, 5) is 4.43. The van der Waals surface area contributed by atoms with Crippen molar-refractivity contribution in [1.29, 1.82) is 0 Å². The summed E-state index contributed by atoms with van der Waals surface area (Å²) in [6.07, 6.45) is 2.68. The van der Waals surface area contributed by atoms with Gasteiger partial charge in [0.1, 0.15) is 0 Å². The largest absolute Gasteiger partial charge is 0.316 e. The van der Waals surface area contributed by atoms with E-state index in [4.69, 9.17) is 0 Å². The Morgan fingerprint density at radius 3 is 3.27 bits per heavy atom. The molecule has 1 aliphatic heterocycles. The van der Waals surface area contributed by atoms with Crippen LogP contribution in [0.2, 0.25) is 0 Å². The van der Waals surface area contributed by atoms with Crippen LogP contribution in [0.4, 0.5) is 0 Å². The molecule has 1 unspecified atom stereocenters. The second-order valence-electron chi connectivity index (χ2n) is 4.20. The van der Waals surface area contributed by atoms with Crippen LogP contribution in [0.3, 0.4) is 0 Å². The van der Waals surface area contributed by atoms with Gasteiger partial charge in [-0.15, -0.1) is 11.3 Å². The van der Waals surface area contributed by atoms with E-state index in [9.17, 15) is 0 Å². The maximum atomic E-state index is 4.43. The number of aryl methyl sites for hydroxylation is 1. The average molecular weight is 225 g/mol. The number of hydrogen-bond donors (Lipinski definition) is 2. The van der Waals surface area contributed by atoms with E-state index in [1.807, 2.05) is 0 Å². The van der Waals surface area contributed by atoms with Crippen molar-refractivity contribution in [2.24, 2.45) is 5.92 Å². The molecule has 0 saturated carbocycles. The minimum Gasteiger partial charge on any atom is -0.316 e. The number of nitrogens with zero attached hydrogens (tertiary/aromatic N) is 1. The van der Waals surface area contributed by atoms with Crippen LogP contribution in [0, 0.1) is 12.8 Å². The van der Waals surface area contributed by atoms with Gasteiger partial charge in [-0.2, -0.15) is 0 Å². The van der Waals surface area contributed by atoms with E-state index in [2.05, 4.69) is 27.9 Å². The number of nitrogens with one attached hydrogen (secondary N) is 2. The first-order valence-electron chi connectivity index (χ1n) is 5.67. The Bertz CT molecular complexity index is 292. The Kier molecular flexibility index (Phi) is 4.11. The molecule has 1 fully saturated rings. The van der Waals surface area contributed by atoms with E-state index in [1.165, 1.54) is 31.6 Å². The highest BCUT2D eigenvalue weighted by Crippen LogP contribution is 2.10. The van der Waals surface area contributed by atoms with E-state index < -0.39 is 0 Å². The van der Waals surface area contributed by atoms with Crippen molar-refractivity contribution in [3.8, 4) is 0 Å². The third-order valence-electron chi connectivity index (χ3n) is 2.80. The van der Waals surface area contributed by atoms with E-state index >= 15 is 0 Å². The summed E-state index contributed by atoms with van der Waals surface area (Å²) in [6, 6.07) is 0. The highest BCUT2D eigenvalue weighted by atomic mass is 32.1. The molecule has 1 saturated heterocycles. The Balaban J connectivity index is 1.65. The van der Waals surface area contributed by atoms with Crippen LogP contribution in [-0.2, 0) is 6.54 Å². The quantitative estimate of drug-likeness (QED) is 0.816. The van der Waals surface area contributed by atoms with Crippen LogP contribution < -0.4 is 10.6 Å². The second kappa shape index (κ2) is 5.58. The summed E-state index contributed by atoms with van der Waals surface area (Å²) >= 11 is 1.73. The van der Waals surface area contributed by atoms with Crippen molar-refractivity contribution in [3.63, 3.8) is 0 Å². The average Bonchev–Trinajstić information content (AvgIpc) is 2.66. The fourth-order valence-corrected chi connectivity index (χ4v) is 2.60. The number of hydrogen-bond acceptors (Lipinski definition) is 4. The van der Waals surface area contributed by atoms with Gasteiger partial charge in [0, 0.05) is 11.9 Å². The van der Waals surface area contributed by atoms with Crippen LogP contribution in [0.15, 0.2) is 5.38 Å². The zero-order valence-electron chi connectivity index (χ0n) is 9.25. The van der Waals surface area contributed by atoms with Crippen molar-refractivity contribution in [3.05, 3.63) is 16.1 Å². The van der Waals surface area contributed by atoms with Gasteiger partial charge in [-0.05, 0) is 45.3 Å². The summed E-state index contributed by atoms with van der Waals surface area (Å²) < 4.78 is 0. The maximum Gasteiger partial charge on any atom is 0.0897 e. The number of piperidine rings is 1. The molecule has 0 aliphatic carbocycles. The van der Waals surface area contributed by atoms with Crippen molar-refractivity contribution >= 4 is 11.3 Å². The van der Waals surface area contributed by atoms with E-state index in [0.717, 1.165) is 24.0 Å². The molecule has 15 heavy (non-hydrogen) atoms. The van der Waals surface area contributed by atoms with Gasteiger partial charge >= 0.3 is 0 Å². The molecule has 2 heterocycles. The molecular weight excluding hydrogens is 206 g/mol. The van der Waals surface area contributed by atoms with Crippen molar-refractivity contribution in [2.75, 3.05) is 19.6 Å². The standard InChI is InChI=1S/C11H19N3S/c1-9-14-11(8-15-9)7-13-6-10-3-2-4-12-5-10/h8,10,12-13H,2-7H2,1H3. The Labute approximate surface area is 95.3 Å². The number of thiazole rings is 1. The molecule has 0 amide bonds. The Morgan fingerprint density at radius 1 is 1.67 bits per heavy atom. The molecule has 1 aliphatic rings. The molecule has 0 bridgehead atoms. The first-order valence-corrected chi connectivity index (χ1v) is 6.55. The van der Waals surface area contributed by atoms with Gasteiger partial charge in [0.05, 0.1) is 10.7 Å². The first-order chi connectivity index (χ1) is 7.34. The Morgan fingerprint density at radius 2 is 2.60 bits per heavy atom. The third-order valence-corrected chi connectivity index (χ3v) is 3.63. The molecule has 0 spiro atoms. The van der Waals surface area contributed by atoms with Crippen LogP contribution in [0.5, 0.6) is 0 Å². The van der Waals surface area contributed by atoms with Crippen molar-refractivity contribution in [1.82, 2.24) is 15.6 Å². The molecular formula is C11H19N3S. The molecule has 1 aromatic heterocycles. The zero-order chi connectivity index (χ0) is 10.5. The smallest absolute Gasteiger partial charge is 0.0897 e. The van der Waals surface area contributed by atoms with Crippen molar-refractivity contribution < 1.29 is 0 Å². The van der Waals surface area contributed by atoms with Gasteiger partial charge in [-0.3, -0.25) is 0 Å². The lowest BCUT2D eigenvalue weighted by Crippen LogP contribution is -2.35. The molecule has 0 radical (unpaired) electrons. The van der Waals surface area contributed by atoms with Crippen molar-refractivity contribution in [2.45, 2.75) is 26.3 Å². The molecule has 2 N–H and O–H groups in total. The van der Waals surface area contributed by atoms with Gasteiger partial charge in [-0.1, -0.05) is 0 Å². The molecule has 84 valence electrons. The highest BCUT2D eigenvalue weighted by molar-refractivity contribution is 7.09. The van der Waals surface area contributed by atoms with Gasteiger partial charge in [0.15, 0.2) is 0 Å². The highest BCUT2D eigenvalue weighted by Gasteiger charge is 2.11. The van der Waals surface area contributed by atoms with Gasteiger partial charge in [0.25, 0.3) is 0 Å². The zero-order valence-corrected chi connectivity index (χ0v) is 10.1. The fourth-order valence-electron chi connectivity index (χ4n) is 1.99. The topological polar surface area (TPSA) is 37.0 Å². The van der Waals surface area contributed by atoms with Gasteiger partial charge in [-0.25, -0.2) is 4.98 Å². The van der Waals surface area contributed by atoms with Crippen LogP contribution >= 0.6 is 11.3 Å². The summed E-state index contributed by atoms with van der Waals surface area (Å²) in [7, 11) is 0. The lowest BCUT2D eigenvalue weighted by molar-refractivity contribution is 0.359. The normalized spacial score (nSPS) is 21.8. The molecule has 2 rings (SSSR count). The minimum absolute atomic E-state index is 0.804. The summed E-state index contributed by atoms with van der Waals surface area (Å²) in [5.74, 6) is 0.804. The van der Waals surface area contributed by atoms with Crippen LogP contribution in [-0.4, -0.2) is 24.6 Å². The summed E-state index contributed by atoms with van der Waals surface area (Å²) in [5, 5.41) is 10.2. The van der Waals surface area contributed by atoms with E-state index in [0.29, 0.717) is 0 Å². The summed E-state index contributed by atoms with van der Waals surface area (Å²) in [6.45, 7) is 6.45. The lowest BCUT2D eigenvalue weighted by atomic mass is 10.00. The number of aromatic nitrogens is 1. The van der Waals surface area contributed by atoms with Crippen LogP contribution in [0.25, 0.3) is 0 Å². The van der Waals surface area contributed by atoms with Gasteiger partial charge in [0.2, 0.25) is 0 Å². The third kappa shape index (κ3) is 3.55. The second-order valence-corrected chi connectivity index (χ2v) is 5.26. The SMILES string of the molecule is Cc1nc(CNCC2CCCNC2)cs1. The lowest BCUT2D eigenvalue weighted by Gasteiger charge is -2.22. The Hall–Kier alpha value is -0.450. The molecule has 4 heteroatoms. The number of rotatable bonds is 4. The maximum absolute atomic E-state index is 4.43. The molecule has 3 nitrogen and oxygen atoms in total. The molecule has 1 atom stereocenters. The molecule has 0 aromatic carbocycles. The van der Waals surface area contributed by atoms with Crippen LogP contribution in [0.1, 0.15) is 23.5 Å². The van der Waals surface area contributed by atoms with E-state index in [-0.39, 0.29) is 0 Å². The summed E-state index contributed by atoms with van der Waals surface area (Å²) in [5.41, 5.74) is 1.18. The fraction of sp³-hybridized carbons (Fsp3) is 0.727. The predicted molar refractivity (Wildman–Crippen MR) is 64.2 cm³/mol.